The predicted molar refractivity (Wildman–Crippen MR) is 97.9 cm³/mol. The molecule has 25 heavy (non-hydrogen) atoms. The number of nitro groups is 1. The Kier molecular flexibility index (Phi) is 6.24. The lowest BCUT2D eigenvalue weighted by Gasteiger charge is -2.11. The highest BCUT2D eigenvalue weighted by Crippen LogP contribution is 2.30. The van der Waals surface area contributed by atoms with Gasteiger partial charge in [-0.15, -0.1) is 0 Å². The van der Waals surface area contributed by atoms with Crippen LogP contribution < -0.4 is 10.2 Å². The van der Waals surface area contributed by atoms with E-state index in [1.165, 1.54) is 18.3 Å². The van der Waals surface area contributed by atoms with Crippen molar-refractivity contribution in [2.24, 2.45) is 5.10 Å². The first kappa shape index (κ1) is 18.6. The Morgan fingerprint density at radius 1 is 1.36 bits per heavy atom. The fourth-order valence-corrected chi connectivity index (χ4v) is 2.98. The molecule has 7 nitrogen and oxygen atoms in total. The van der Waals surface area contributed by atoms with E-state index in [-0.39, 0.29) is 12.3 Å². The smallest absolute Gasteiger partial charge is 0.278 e. The number of carbonyl (C=O) groups is 1. The van der Waals surface area contributed by atoms with Crippen LogP contribution in [0.3, 0.4) is 0 Å². The predicted octanol–water partition coefficient (Wildman–Crippen LogP) is 3.50. The van der Waals surface area contributed by atoms with E-state index in [9.17, 15) is 14.9 Å². The van der Waals surface area contributed by atoms with E-state index < -0.39 is 10.8 Å². The number of amides is 1. The molecule has 0 spiro atoms. The highest BCUT2D eigenvalue weighted by molar-refractivity contribution is 9.10. The quantitative estimate of drug-likeness (QED) is 0.451. The van der Waals surface area contributed by atoms with Gasteiger partial charge in [-0.05, 0) is 53.0 Å². The topological polar surface area (TPSA) is 93.8 Å². The standard InChI is InChI=1S/C17H16BrN3O4/c1-11-7-12(2)17(14(18)8-11)25-10-16(22)20-19-9-13-5-3-4-6-15(13)21(23)24/h3-9H,10H2,1-2H3,(H,20,22)/b19-9-. The number of para-hydroxylation sites is 1. The average Bonchev–Trinajstić information content (AvgIpc) is 2.54. The van der Waals surface area contributed by atoms with Crippen LogP contribution in [0, 0.1) is 24.0 Å². The maximum Gasteiger partial charge on any atom is 0.278 e. The van der Waals surface area contributed by atoms with Crippen LogP contribution in [-0.4, -0.2) is 23.7 Å². The molecule has 1 amide bonds. The molecule has 0 aliphatic carbocycles. The van der Waals surface area contributed by atoms with E-state index in [2.05, 4.69) is 26.5 Å². The molecule has 0 aliphatic heterocycles. The molecule has 0 saturated heterocycles. The van der Waals surface area contributed by atoms with Crippen LogP contribution in [0.15, 0.2) is 46.0 Å². The largest absolute Gasteiger partial charge is 0.482 e. The Morgan fingerprint density at radius 3 is 2.76 bits per heavy atom. The number of nitrogens with one attached hydrogen (secondary N) is 1. The summed E-state index contributed by atoms with van der Waals surface area (Å²) >= 11 is 3.40. The monoisotopic (exact) mass is 405 g/mol. The second-order valence-corrected chi connectivity index (χ2v) is 6.14. The fraction of sp³-hybridized carbons (Fsp3) is 0.176. The number of hydrazone groups is 1. The third-order valence-corrected chi connectivity index (χ3v) is 3.84. The van der Waals surface area contributed by atoms with Gasteiger partial charge in [0.1, 0.15) is 5.75 Å². The molecule has 0 radical (unpaired) electrons. The van der Waals surface area contributed by atoms with Crippen molar-refractivity contribution in [3.05, 3.63) is 67.7 Å². The molecule has 0 aromatic heterocycles. The number of carbonyl (C=O) groups excluding carboxylic acids is 1. The van der Waals surface area contributed by atoms with Gasteiger partial charge in [-0.2, -0.15) is 5.10 Å². The number of ether oxygens (including phenoxy) is 1. The molecular weight excluding hydrogens is 390 g/mol. The number of hydrogen-bond acceptors (Lipinski definition) is 5. The zero-order chi connectivity index (χ0) is 18.4. The first-order valence-electron chi connectivity index (χ1n) is 7.33. The van der Waals surface area contributed by atoms with Crippen molar-refractivity contribution in [2.45, 2.75) is 13.8 Å². The minimum atomic E-state index is -0.510. The Balaban J connectivity index is 1.95. The van der Waals surface area contributed by atoms with E-state index in [0.29, 0.717) is 11.3 Å². The summed E-state index contributed by atoms with van der Waals surface area (Å²) in [7, 11) is 0. The Labute approximate surface area is 153 Å². The average molecular weight is 406 g/mol. The van der Waals surface area contributed by atoms with E-state index in [1.807, 2.05) is 26.0 Å². The normalized spacial score (nSPS) is 10.7. The summed E-state index contributed by atoms with van der Waals surface area (Å²) in [6.45, 7) is 3.63. The van der Waals surface area contributed by atoms with Gasteiger partial charge in [-0.25, -0.2) is 5.43 Å². The van der Waals surface area contributed by atoms with Gasteiger partial charge in [-0.1, -0.05) is 18.2 Å². The summed E-state index contributed by atoms with van der Waals surface area (Å²) in [5, 5.41) is 14.6. The highest BCUT2D eigenvalue weighted by atomic mass is 79.9. The molecule has 2 rings (SSSR count). The molecule has 0 saturated carbocycles. The van der Waals surface area contributed by atoms with E-state index in [1.54, 1.807) is 12.1 Å². The van der Waals surface area contributed by atoms with Crippen LogP contribution in [0.2, 0.25) is 0 Å². The van der Waals surface area contributed by atoms with Crippen molar-refractivity contribution in [1.82, 2.24) is 5.43 Å². The second-order valence-electron chi connectivity index (χ2n) is 5.29. The minimum absolute atomic E-state index is 0.0871. The first-order valence-corrected chi connectivity index (χ1v) is 8.12. The lowest BCUT2D eigenvalue weighted by Crippen LogP contribution is -2.25. The lowest BCUT2D eigenvalue weighted by atomic mass is 10.1. The van der Waals surface area contributed by atoms with Crippen molar-refractivity contribution >= 4 is 33.7 Å². The maximum absolute atomic E-state index is 11.8. The number of halogens is 1. The van der Waals surface area contributed by atoms with Gasteiger partial charge in [0.05, 0.1) is 21.2 Å². The van der Waals surface area contributed by atoms with Crippen LogP contribution in [0.4, 0.5) is 5.69 Å². The molecule has 130 valence electrons. The van der Waals surface area contributed by atoms with Crippen molar-refractivity contribution in [3.63, 3.8) is 0 Å². The number of hydrogen-bond donors (Lipinski definition) is 1. The van der Waals surface area contributed by atoms with Crippen molar-refractivity contribution < 1.29 is 14.5 Å². The molecular formula is C17H16BrN3O4. The van der Waals surface area contributed by atoms with Crippen LogP contribution in [-0.2, 0) is 4.79 Å². The SMILES string of the molecule is Cc1cc(C)c(OCC(=O)N/N=C\c2ccccc2[N+](=O)[O-])c(Br)c1. The van der Waals surface area contributed by atoms with E-state index in [0.717, 1.165) is 15.6 Å². The van der Waals surface area contributed by atoms with Crippen LogP contribution in [0.25, 0.3) is 0 Å². The third kappa shape index (κ3) is 5.12. The highest BCUT2D eigenvalue weighted by Gasteiger charge is 2.11. The van der Waals surface area contributed by atoms with E-state index in [4.69, 9.17) is 4.74 Å². The number of aryl methyl sites for hydroxylation is 2. The fourth-order valence-electron chi connectivity index (χ4n) is 2.19. The molecule has 0 heterocycles. The van der Waals surface area contributed by atoms with Gasteiger partial charge in [0.15, 0.2) is 6.61 Å². The summed E-state index contributed by atoms with van der Waals surface area (Å²) in [6, 6.07) is 9.96. The number of benzene rings is 2. The summed E-state index contributed by atoms with van der Waals surface area (Å²) in [4.78, 5) is 22.2. The molecule has 2 aromatic rings. The summed E-state index contributed by atoms with van der Waals surface area (Å²) < 4.78 is 6.27. The zero-order valence-electron chi connectivity index (χ0n) is 13.7. The molecule has 2 aromatic carbocycles. The molecule has 0 bridgehead atoms. The van der Waals surface area contributed by atoms with Gasteiger partial charge in [0, 0.05) is 6.07 Å². The van der Waals surface area contributed by atoms with Gasteiger partial charge in [0.2, 0.25) is 0 Å². The second kappa shape index (κ2) is 8.39. The maximum atomic E-state index is 11.8. The first-order chi connectivity index (χ1) is 11.9. The van der Waals surface area contributed by atoms with Crippen LogP contribution >= 0.6 is 15.9 Å². The zero-order valence-corrected chi connectivity index (χ0v) is 15.2. The number of rotatable bonds is 6. The molecule has 0 atom stereocenters. The van der Waals surface area contributed by atoms with Crippen molar-refractivity contribution in [2.75, 3.05) is 6.61 Å². The van der Waals surface area contributed by atoms with Gasteiger partial charge < -0.3 is 4.74 Å². The number of nitrogens with zero attached hydrogens (tertiary/aromatic N) is 2. The summed E-state index contributed by atoms with van der Waals surface area (Å²) in [5.41, 5.74) is 4.48. The van der Waals surface area contributed by atoms with Crippen LogP contribution in [0.5, 0.6) is 5.75 Å². The van der Waals surface area contributed by atoms with Gasteiger partial charge in [0.25, 0.3) is 11.6 Å². The van der Waals surface area contributed by atoms with Crippen molar-refractivity contribution in [1.29, 1.82) is 0 Å². The Morgan fingerprint density at radius 2 is 2.08 bits per heavy atom. The van der Waals surface area contributed by atoms with Gasteiger partial charge >= 0.3 is 0 Å². The minimum Gasteiger partial charge on any atom is -0.482 e. The van der Waals surface area contributed by atoms with Gasteiger partial charge in [-0.3, -0.25) is 14.9 Å². The number of nitro benzene ring substituents is 1. The summed E-state index contributed by atoms with van der Waals surface area (Å²) in [5.74, 6) is 0.116. The molecule has 0 fully saturated rings. The summed E-state index contributed by atoms with van der Waals surface area (Å²) in [6.07, 6.45) is 1.23. The van der Waals surface area contributed by atoms with E-state index >= 15 is 0 Å². The third-order valence-electron chi connectivity index (χ3n) is 3.25. The lowest BCUT2D eigenvalue weighted by molar-refractivity contribution is -0.385. The molecule has 0 aliphatic rings. The molecule has 0 unspecified atom stereocenters. The Bertz CT molecular complexity index is 813. The van der Waals surface area contributed by atoms with Crippen molar-refractivity contribution in [3.8, 4) is 5.75 Å². The molecule has 1 N–H and O–H groups in total. The molecule has 8 heteroatoms. The Hall–Kier alpha value is -2.74. The van der Waals surface area contributed by atoms with Crippen LogP contribution in [0.1, 0.15) is 16.7 Å².